The average Bonchev–Trinajstić information content (AvgIpc) is 3.04. The SMILES string of the molecule is CC[C@@H](C(=O)C(=O)NC1CC1)N1CCCC1C(N)=O. The molecule has 1 aliphatic carbocycles. The van der Waals surface area contributed by atoms with Crippen molar-refractivity contribution in [1.29, 1.82) is 0 Å². The van der Waals surface area contributed by atoms with Gasteiger partial charge in [-0.2, -0.15) is 0 Å². The van der Waals surface area contributed by atoms with Crippen molar-refractivity contribution >= 4 is 17.6 Å². The van der Waals surface area contributed by atoms with Crippen molar-refractivity contribution in [3.05, 3.63) is 0 Å². The summed E-state index contributed by atoms with van der Waals surface area (Å²) in [6, 6.07) is -0.777. The van der Waals surface area contributed by atoms with Gasteiger partial charge >= 0.3 is 0 Å². The van der Waals surface area contributed by atoms with E-state index in [1.54, 1.807) is 4.90 Å². The van der Waals surface area contributed by atoms with Crippen LogP contribution in [0.2, 0.25) is 0 Å². The van der Waals surface area contributed by atoms with Gasteiger partial charge in [0, 0.05) is 6.04 Å². The molecule has 2 aliphatic rings. The van der Waals surface area contributed by atoms with Crippen LogP contribution in [-0.4, -0.2) is 47.2 Å². The Hall–Kier alpha value is -1.43. The number of hydrogen-bond donors (Lipinski definition) is 2. The van der Waals surface area contributed by atoms with Crippen molar-refractivity contribution in [2.45, 2.75) is 57.2 Å². The standard InChI is InChI=1S/C13H21N3O3/c1-2-9(11(17)13(19)15-8-5-6-8)16-7-3-4-10(16)12(14)18/h8-10H,2-7H2,1H3,(H2,14,18)(H,15,19)/t9-,10?/m0/s1. The van der Waals surface area contributed by atoms with Crippen LogP contribution < -0.4 is 11.1 Å². The highest BCUT2D eigenvalue weighted by Crippen LogP contribution is 2.23. The summed E-state index contributed by atoms with van der Waals surface area (Å²) in [6.07, 6.45) is 3.92. The lowest BCUT2D eigenvalue weighted by Gasteiger charge is -2.29. The molecule has 0 bridgehead atoms. The van der Waals surface area contributed by atoms with E-state index in [-0.39, 0.29) is 6.04 Å². The number of primary amides is 1. The first-order valence-electron chi connectivity index (χ1n) is 6.94. The third-order valence-electron chi connectivity index (χ3n) is 3.85. The first-order valence-corrected chi connectivity index (χ1v) is 6.94. The molecule has 19 heavy (non-hydrogen) atoms. The van der Waals surface area contributed by atoms with Crippen LogP contribution in [-0.2, 0) is 14.4 Å². The maximum Gasteiger partial charge on any atom is 0.289 e. The van der Waals surface area contributed by atoms with E-state index in [0.717, 1.165) is 19.3 Å². The van der Waals surface area contributed by atoms with Crippen molar-refractivity contribution < 1.29 is 14.4 Å². The summed E-state index contributed by atoms with van der Waals surface area (Å²) in [5.41, 5.74) is 5.36. The number of rotatable bonds is 6. The molecule has 0 aromatic rings. The van der Waals surface area contributed by atoms with E-state index < -0.39 is 29.7 Å². The van der Waals surface area contributed by atoms with E-state index >= 15 is 0 Å². The Balaban J connectivity index is 2.03. The summed E-state index contributed by atoms with van der Waals surface area (Å²) in [6.45, 7) is 2.50. The van der Waals surface area contributed by atoms with Crippen molar-refractivity contribution in [2.24, 2.45) is 5.73 Å². The lowest BCUT2D eigenvalue weighted by atomic mass is 10.1. The number of hydrogen-bond acceptors (Lipinski definition) is 4. The highest BCUT2D eigenvalue weighted by atomic mass is 16.2. The summed E-state index contributed by atoms with van der Waals surface area (Å²) in [5, 5.41) is 2.70. The molecule has 0 radical (unpaired) electrons. The molecule has 0 spiro atoms. The number of nitrogens with two attached hydrogens (primary N) is 1. The first kappa shape index (κ1) is 14.0. The number of nitrogens with one attached hydrogen (secondary N) is 1. The Bertz CT molecular complexity index is 393. The summed E-state index contributed by atoms with van der Waals surface area (Å²) in [5.74, 6) is -1.38. The maximum absolute atomic E-state index is 12.2. The predicted octanol–water partition coefficient (Wildman–Crippen LogP) is -0.438. The predicted molar refractivity (Wildman–Crippen MR) is 69.2 cm³/mol. The zero-order valence-corrected chi connectivity index (χ0v) is 11.2. The highest BCUT2D eigenvalue weighted by Gasteiger charge is 2.39. The second-order valence-electron chi connectivity index (χ2n) is 5.33. The minimum atomic E-state index is -0.529. The van der Waals surface area contributed by atoms with Gasteiger partial charge in [-0.1, -0.05) is 6.92 Å². The molecule has 106 valence electrons. The zero-order valence-electron chi connectivity index (χ0n) is 11.2. The highest BCUT2D eigenvalue weighted by molar-refractivity contribution is 6.38. The molecule has 1 saturated carbocycles. The van der Waals surface area contributed by atoms with E-state index in [1.807, 2.05) is 6.92 Å². The molecule has 2 rings (SSSR count). The Morgan fingerprint density at radius 1 is 1.32 bits per heavy atom. The molecule has 1 heterocycles. The van der Waals surface area contributed by atoms with Crippen molar-refractivity contribution in [3.63, 3.8) is 0 Å². The minimum Gasteiger partial charge on any atom is -0.368 e. The van der Waals surface area contributed by atoms with Crippen LogP contribution in [0.1, 0.15) is 39.0 Å². The third kappa shape index (κ3) is 3.12. The van der Waals surface area contributed by atoms with Gasteiger partial charge in [0.1, 0.15) is 0 Å². The van der Waals surface area contributed by atoms with Crippen molar-refractivity contribution in [1.82, 2.24) is 10.2 Å². The molecule has 2 atom stereocenters. The number of likely N-dealkylation sites (tertiary alicyclic amines) is 1. The maximum atomic E-state index is 12.2. The molecular weight excluding hydrogens is 246 g/mol. The first-order chi connectivity index (χ1) is 9.04. The minimum absolute atomic E-state index is 0.166. The molecule has 0 aromatic carbocycles. The summed E-state index contributed by atoms with van der Waals surface area (Å²) < 4.78 is 0. The molecule has 2 amide bonds. The number of Topliss-reactive ketones (excluding diaryl/α,β-unsaturated/α-hetero) is 1. The van der Waals surface area contributed by atoms with Gasteiger partial charge in [0.05, 0.1) is 12.1 Å². The van der Waals surface area contributed by atoms with Crippen LogP contribution in [0.25, 0.3) is 0 Å². The quantitative estimate of drug-likeness (QED) is 0.638. The Kier molecular flexibility index (Phi) is 4.19. The van der Waals surface area contributed by atoms with Gasteiger partial charge in [0.2, 0.25) is 11.7 Å². The fourth-order valence-corrected chi connectivity index (χ4v) is 2.67. The van der Waals surface area contributed by atoms with Gasteiger partial charge in [-0.15, -0.1) is 0 Å². The smallest absolute Gasteiger partial charge is 0.289 e. The number of ketones is 1. The number of carbonyl (C=O) groups excluding carboxylic acids is 3. The molecule has 0 aromatic heterocycles. The van der Waals surface area contributed by atoms with Crippen molar-refractivity contribution in [2.75, 3.05) is 6.54 Å². The molecule has 1 saturated heterocycles. The second kappa shape index (κ2) is 5.69. The topological polar surface area (TPSA) is 92.5 Å². The average molecular weight is 267 g/mol. The van der Waals surface area contributed by atoms with Crippen molar-refractivity contribution in [3.8, 4) is 0 Å². The van der Waals surface area contributed by atoms with Gasteiger partial charge in [-0.25, -0.2) is 0 Å². The van der Waals surface area contributed by atoms with Crippen LogP contribution in [0.5, 0.6) is 0 Å². The summed E-state index contributed by atoms with van der Waals surface area (Å²) in [4.78, 5) is 37.2. The Morgan fingerprint density at radius 2 is 2.00 bits per heavy atom. The van der Waals surface area contributed by atoms with E-state index in [4.69, 9.17) is 5.73 Å². The Morgan fingerprint density at radius 3 is 2.53 bits per heavy atom. The largest absolute Gasteiger partial charge is 0.368 e. The number of nitrogens with zero attached hydrogens (tertiary/aromatic N) is 1. The van der Waals surface area contributed by atoms with E-state index in [9.17, 15) is 14.4 Å². The Labute approximate surface area is 112 Å². The molecule has 1 aliphatic heterocycles. The van der Waals surface area contributed by atoms with Crippen LogP contribution in [0.4, 0.5) is 0 Å². The molecular formula is C13H21N3O3. The van der Waals surface area contributed by atoms with Crippen LogP contribution in [0.15, 0.2) is 0 Å². The summed E-state index contributed by atoms with van der Waals surface area (Å²) >= 11 is 0. The number of amides is 2. The molecule has 1 unspecified atom stereocenters. The van der Waals surface area contributed by atoms with Gasteiger partial charge in [0.15, 0.2) is 0 Å². The molecule has 6 heteroatoms. The normalized spacial score (nSPS) is 25.0. The van der Waals surface area contributed by atoms with Crippen LogP contribution in [0, 0.1) is 0 Å². The fraction of sp³-hybridized carbons (Fsp3) is 0.769. The summed E-state index contributed by atoms with van der Waals surface area (Å²) in [7, 11) is 0. The second-order valence-corrected chi connectivity index (χ2v) is 5.33. The van der Waals surface area contributed by atoms with Gasteiger partial charge < -0.3 is 11.1 Å². The van der Waals surface area contributed by atoms with Crippen LogP contribution in [0.3, 0.4) is 0 Å². The molecule has 3 N–H and O–H groups in total. The monoisotopic (exact) mass is 267 g/mol. The fourth-order valence-electron chi connectivity index (χ4n) is 2.67. The van der Waals surface area contributed by atoms with Gasteiger partial charge in [-0.3, -0.25) is 19.3 Å². The lowest BCUT2D eigenvalue weighted by molar-refractivity contribution is -0.142. The third-order valence-corrected chi connectivity index (χ3v) is 3.85. The van der Waals surface area contributed by atoms with E-state index in [2.05, 4.69) is 5.32 Å². The van der Waals surface area contributed by atoms with E-state index in [1.165, 1.54) is 0 Å². The van der Waals surface area contributed by atoms with Gasteiger partial charge in [-0.05, 0) is 38.6 Å². The number of carbonyl (C=O) groups is 3. The van der Waals surface area contributed by atoms with Gasteiger partial charge in [0.25, 0.3) is 5.91 Å². The molecule has 6 nitrogen and oxygen atoms in total. The lowest BCUT2D eigenvalue weighted by Crippen LogP contribution is -2.52. The van der Waals surface area contributed by atoms with Crippen LogP contribution >= 0.6 is 0 Å². The zero-order chi connectivity index (χ0) is 14.0. The van der Waals surface area contributed by atoms with E-state index in [0.29, 0.717) is 19.4 Å². The molecule has 2 fully saturated rings.